The molecule has 1 aliphatic rings. The van der Waals surface area contributed by atoms with Gasteiger partial charge in [0.05, 0.1) is 19.2 Å². The number of nitrogens with zero attached hydrogens (tertiary/aromatic N) is 4. The Morgan fingerprint density at radius 1 is 1.09 bits per heavy atom. The molecule has 4 rings (SSSR count). The van der Waals surface area contributed by atoms with Gasteiger partial charge in [0.25, 0.3) is 0 Å². The van der Waals surface area contributed by atoms with Crippen molar-refractivity contribution in [2.24, 2.45) is 5.92 Å². The Bertz CT molecular complexity index is 1160. The fraction of sp³-hybridized carbons (Fsp3) is 0.333. The number of rotatable bonds is 7. The third-order valence-corrected chi connectivity index (χ3v) is 5.99. The first-order valence-corrected chi connectivity index (χ1v) is 11.2. The number of benzene rings is 2. The van der Waals surface area contributed by atoms with Crippen LogP contribution >= 0.6 is 0 Å². The van der Waals surface area contributed by atoms with E-state index in [1.807, 2.05) is 12.1 Å². The van der Waals surface area contributed by atoms with Crippen molar-refractivity contribution in [2.75, 3.05) is 26.2 Å². The number of aliphatic hydroxyl groups is 2. The summed E-state index contributed by atoms with van der Waals surface area (Å²) >= 11 is 0. The highest BCUT2D eigenvalue weighted by molar-refractivity contribution is 5.64. The number of aromatic nitrogens is 2. The highest BCUT2D eigenvalue weighted by Crippen LogP contribution is 2.24. The monoisotopic (exact) mass is 440 g/mol. The van der Waals surface area contributed by atoms with Crippen LogP contribution in [0.3, 0.4) is 0 Å². The maximum atomic E-state index is 9.84. The van der Waals surface area contributed by atoms with Gasteiger partial charge in [-0.25, -0.2) is 4.98 Å². The fourth-order valence-corrected chi connectivity index (χ4v) is 4.23. The van der Waals surface area contributed by atoms with Crippen molar-refractivity contribution in [2.45, 2.75) is 25.5 Å². The topological polar surface area (TPSA) is 85.3 Å². The molecule has 0 radical (unpaired) electrons. The predicted octanol–water partition coefficient (Wildman–Crippen LogP) is 3.19. The molecule has 0 aliphatic carbocycles. The second-order valence-electron chi connectivity index (χ2n) is 8.53. The van der Waals surface area contributed by atoms with E-state index in [0.717, 1.165) is 36.2 Å². The van der Waals surface area contributed by atoms with Crippen LogP contribution < -0.4 is 0 Å². The van der Waals surface area contributed by atoms with Crippen molar-refractivity contribution in [1.82, 2.24) is 14.5 Å². The van der Waals surface area contributed by atoms with Crippen molar-refractivity contribution in [3.8, 4) is 29.0 Å². The van der Waals surface area contributed by atoms with Crippen LogP contribution in [0.15, 0.2) is 60.9 Å². The number of imidazole rings is 1. The first-order valence-electron chi connectivity index (χ1n) is 11.2. The molecule has 1 fully saturated rings. The lowest BCUT2D eigenvalue weighted by atomic mass is 9.91. The molecule has 1 aliphatic heterocycles. The van der Waals surface area contributed by atoms with Gasteiger partial charge in [-0.1, -0.05) is 48.2 Å². The molecule has 168 valence electrons. The minimum Gasteiger partial charge on any atom is -0.393 e. The molecule has 0 bridgehead atoms. The zero-order valence-corrected chi connectivity index (χ0v) is 18.7. The Kier molecular flexibility index (Phi) is 7.22. The molecule has 6 heteroatoms. The lowest BCUT2D eigenvalue weighted by Gasteiger charge is -2.37. The molecular formula is C27H28N4O2. The third-order valence-electron chi connectivity index (χ3n) is 5.99. The number of nitriles is 1. The summed E-state index contributed by atoms with van der Waals surface area (Å²) in [7, 11) is 0. The van der Waals surface area contributed by atoms with Gasteiger partial charge in [-0.15, -0.1) is 0 Å². The minimum atomic E-state index is -0.728. The highest BCUT2D eigenvalue weighted by Gasteiger charge is 2.26. The Labute approximate surface area is 194 Å². The quantitative estimate of drug-likeness (QED) is 0.435. The van der Waals surface area contributed by atoms with Crippen LogP contribution in [0, 0.1) is 29.1 Å². The second kappa shape index (κ2) is 10.5. The van der Waals surface area contributed by atoms with Gasteiger partial charge in [0, 0.05) is 31.0 Å². The van der Waals surface area contributed by atoms with E-state index in [4.69, 9.17) is 5.26 Å². The molecule has 0 saturated carbocycles. The Morgan fingerprint density at radius 2 is 1.76 bits per heavy atom. The molecule has 2 aromatic carbocycles. The van der Waals surface area contributed by atoms with E-state index < -0.39 is 12.1 Å². The molecule has 0 unspecified atom stereocenters. The maximum Gasteiger partial charge on any atom is 0.138 e. The van der Waals surface area contributed by atoms with E-state index in [9.17, 15) is 10.2 Å². The highest BCUT2D eigenvalue weighted by atomic mass is 16.3. The van der Waals surface area contributed by atoms with Gasteiger partial charge in [-0.2, -0.15) is 5.26 Å². The molecule has 2 atom stereocenters. The lowest BCUT2D eigenvalue weighted by Crippen LogP contribution is -2.47. The van der Waals surface area contributed by atoms with E-state index in [1.165, 1.54) is 5.56 Å². The van der Waals surface area contributed by atoms with E-state index >= 15 is 0 Å². The van der Waals surface area contributed by atoms with Crippen LogP contribution in [0.25, 0.3) is 11.1 Å². The number of aliphatic hydroxyl groups excluding tert-OH is 2. The second-order valence-corrected chi connectivity index (χ2v) is 8.53. The summed E-state index contributed by atoms with van der Waals surface area (Å²) in [5.41, 5.74) is 4.47. The first-order chi connectivity index (χ1) is 16.1. The molecule has 6 nitrogen and oxygen atoms in total. The predicted molar refractivity (Wildman–Crippen MR) is 127 cm³/mol. The van der Waals surface area contributed by atoms with E-state index in [-0.39, 0.29) is 6.61 Å². The molecule has 0 amide bonds. The van der Waals surface area contributed by atoms with Crippen molar-refractivity contribution in [1.29, 1.82) is 5.26 Å². The Balaban J connectivity index is 1.39. The zero-order chi connectivity index (χ0) is 23.2. The normalized spacial score (nSPS) is 15.7. The van der Waals surface area contributed by atoms with Gasteiger partial charge in [-0.05, 0) is 48.1 Å². The van der Waals surface area contributed by atoms with Crippen molar-refractivity contribution in [3.05, 3.63) is 77.9 Å². The molecule has 2 heterocycles. The molecule has 2 N–H and O–H groups in total. The van der Waals surface area contributed by atoms with Crippen LogP contribution in [0.4, 0.5) is 0 Å². The van der Waals surface area contributed by atoms with Crippen LogP contribution in [0.1, 0.15) is 36.0 Å². The summed E-state index contributed by atoms with van der Waals surface area (Å²) < 4.78 is 1.71. The van der Waals surface area contributed by atoms with Gasteiger partial charge < -0.3 is 14.8 Å². The summed E-state index contributed by atoms with van der Waals surface area (Å²) in [4.78, 5) is 6.32. The Morgan fingerprint density at radius 3 is 2.36 bits per heavy atom. The standard InChI is InChI=1S/C27H28N4O2/c1-20(33)27-29-13-15-31(27)26(19-32)11-6-21-2-7-24(8-3-21)25-9-4-22(5-10-25)16-23-17-30(18-23)14-12-28/h2-5,7-10,13,15,20,23,26,32-33H,14,16-19H2,1H3/t20-,26-/m0/s1. The van der Waals surface area contributed by atoms with E-state index in [1.54, 1.807) is 23.9 Å². The first kappa shape index (κ1) is 22.8. The zero-order valence-electron chi connectivity index (χ0n) is 18.7. The van der Waals surface area contributed by atoms with Crippen molar-refractivity contribution >= 4 is 0 Å². The van der Waals surface area contributed by atoms with Gasteiger partial charge in [0.1, 0.15) is 18.0 Å². The number of hydrogen-bond acceptors (Lipinski definition) is 5. The summed E-state index contributed by atoms with van der Waals surface area (Å²) in [6.45, 7) is 4.03. The summed E-state index contributed by atoms with van der Waals surface area (Å²) in [5.74, 6) is 7.33. The molecular weight excluding hydrogens is 412 g/mol. The molecule has 33 heavy (non-hydrogen) atoms. The van der Waals surface area contributed by atoms with Crippen molar-refractivity contribution < 1.29 is 10.2 Å². The minimum absolute atomic E-state index is 0.162. The largest absolute Gasteiger partial charge is 0.393 e. The smallest absolute Gasteiger partial charge is 0.138 e. The van der Waals surface area contributed by atoms with Gasteiger partial charge >= 0.3 is 0 Å². The third kappa shape index (κ3) is 5.50. The Hall–Kier alpha value is -3.42. The van der Waals surface area contributed by atoms with E-state index in [2.05, 4.69) is 64.2 Å². The van der Waals surface area contributed by atoms with Crippen LogP contribution in [-0.4, -0.2) is 50.9 Å². The van der Waals surface area contributed by atoms with Gasteiger partial charge in [-0.3, -0.25) is 4.90 Å². The fourth-order valence-electron chi connectivity index (χ4n) is 4.23. The lowest BCUT2D eigenvalue weighted by molar-refractivity contribution is 0.118. The SMILES string of the molecule is C[C@H](O)c1nccn1[C@@H](C#Cc1ccc(-c2ccc(CC3CN(CC#N)C3)cc2)cc1)CO. The summed E-state index contributed by atoms with van der Waals surface area (Å²) in [5, 5.41) is 28.3. The maximum absolute atomic E-state index is 9.84. The van der Waals surface area contributed by atoms with Crippen LogP contribution in [0.2, 0.25) is 0 Å². The molecule has 3 aromatic rings. The summed E-state index contributed by atoms with van der Waals surface area (Å²) in [6.07, 6.45) is 3.64. The van der Waals surface area contributed by atoms with Crippen molar-refractivity contribution in [3.63, 3.8) is 0 Å². The average molecular weight is 441 g/mol. The number of likely N-dealkylation sites (tertiary alicyclic amines) is 1. The van der Waals surface area contributed by atoms with Crippen LogP contribution in [0.5, 0.6) is 0 Å². The van der Waals surface area contributed by atoms with Gasteiger partial charge in [0.2, 0.25) is 0 Å². The molecule has 1 aromatic heterocycles. The van der Waals surface area contributed by atoms with Gasteiger partial charge in [0.15, 0.2) is 0 Å². The molecule has 0 spiro atoms. The summed E-state index contributed by atoms with van der Waals surface area (Å²) in [6, 6.07) is 18.5. The molecule has 1 saturated heterocycles. The van der Waals surface area contributed by atoms with Crippen LogP contribution in [-0.2, 0) is 6.42 Å². The van der Waals surface area contributed by atoms with E-state index in [0.29, 0.717) is 18.3 Å². The average Bonchev–Trinajstić information content (AvgIpc) is 3.29. The number of hydrogen-bond donors (Lipinski definition) is 2.